The maximum Gasteiger partial charge on any atom is 0.287 e. The minimum absolute atomic E-state index is 0.0305. The molecule has 0 saturated carbocycles. The molecule has 1 rings (SSSR count). The molecule has 1 heterocycles. The van der Waals surface area contributed by atoms with Crippen LogP contribution in [0.1, 0.15) is 10.6 Å². The van der Waals surface area contributed by atoms with Crippen molar-refractivity contribution >= 4 is 12.2 Å². The monoisotopic (exact) mass is 125 g/mol. The molecule has 0 unspecified atom stereocenters. The molecule has 0 spiro atoms. The number of carbonyl (C=O) groups excluding carboxylic acids is 1. The Morgan fingerprint density at radius 3 is 2.89 bits per heavy atom. The number of hydrogen-bond acceptors (Lipinski definition) is 5. The topological polar surface area (TPSA) is 94.9 Å². The summed E-state index contributed by atoms with van der Waals surface area (Å²) in [7, 11) is 0. The summed E-state index contributed by atoms with van der Waals surface area (Å²) in [5.41, 5.74) is 6.40. The lowest BCUT2D eigenvalue weighted by Gasteiger charge is -1.68. The van der Waals surface area contributed by atoms with E-state index < -0.39 is 0 Å². The Labute approximate surface area is 49.8 Å². The van der Waals surface area contributed by atoms with E-state index in [2.05, 4.69) is 20.3 Å². The highest BCUT2D eigenvalue weighted by Crippen LogP contribution is 1.98. The number of rotatable bonds is 2. The van der Waals surface area contributed by atoms with Gasteiger partial charge in [-0.15, -0.1) is 10.2 Å². The quantitative estimate of drug-likeness (QED) is 0.439. The Morgan fingerprint density at radius 1 is 1.78 bits per heavy atom. The lowest BCUT2D eigenvalue weighted by molar-refractivity contribution is 0.111. The molecule has 0 atom stereocenters. The number of H-pyrrole nitrogens is 1. The molecule has 2 N–H and O–H groups in total. The molecule has 0 fully saturated rings. The third-order valence-electron chi connectivity index (χ3n) is 0.703. The van der Waals surface area contributed by atoms with Crippen LogP contribution < -0.4 is 0 Å². The molecular formula is C3H3N5O. The first-order chi connectivity index (χ1) is 4.36. The predicted octanol–water partition coefficient (Wildman–Crippen LogP) is 0.280. The SMILES string of the molecule is N=Nc1n[nH]c(C=O)n1. The third-order valence-corrected chi connectivity index (χ3v) is 0.703. The molecule has 0 radical (unpaired) electrons. The number of aromatic nitrogens is 3. The van der Waals surface area contributed by atoms with Crippen LogP contribution in [0.25, 0.3) is 0 Å². The molecule has 0 aliphatic rings. The lowest BCUT2D eigenvalue weighted by Crippen LogP contribution is -1.79. The predicted molar refractivity (Wildman–Crippen MR) is 26.6 cm³/mol. The van der Waals surface area contributed by atoms with E-state index in [1.54, 1.807) is 0 Å². The van der Waals surface area contributed by atoms with Crippen LogP contribution in [-0.4, -0.2) is 21.5 Å². The van der Waals surface area contributed by atoms with E-state index in [1.807, 2.05) is 0 Å². The second-order valence-corrected chi connectivity index (χ2v) is 1.25. The fraction of sp³-hybridized carbons (Fsp3) is 0. The highest BCUT2D eigenvalue weighted by atomic mass is 16.1. The molecule has 0 aromatic carbocycles. The van der Waals surface area contributed by atoms with Gasteiger partial charge in [-0.25, -0.2) is 5.53 Å². The molecule has 46 valence electrons. The second kappa shape index (κ2) is 2.12. The zero-order chi connectivity index (χ0) is 6.69. The average molecular weight is 125 g/mol. The molecule has 0 aliphatic heterocycles. The maximum atomic E-state index is 9.90. The molecule has 1 aromatic heterocycles. The molecule has 6 heteroatoms. The van der Waals surface area contributed by atoms with Gasteiger partial charge in [-0.1, -0.05) is 0 Å². The van der Waals surface area contributed by atoms with Gasteiger partial charge in [0.15, 0.2) is 12.1 Å². The van der Waals surface area contributed by atoms with Gasteiger partial charge in [0.1, 0.15) is 0 Å². The molecule has 0 amide bonds. The first kappa shape index (κ1) is 5.54. The van der Waals surface area contributed by atoms with Crippen molar-refractivity contribution in [1.82, 2.24) is 15.2 Å². The Bertz CT molecular complexity index is 205. The van der Waals surface area contributed by atoms with Crippen LogP contribution >= 0.6 is 0 Å². The summed E-state index contributed by atoms with van der Waals surface area (Å²) in [4.78, 5) is 13.4. The third kappa shape index (κ3) is 0.958. The van der Waals surface area contributed by atoms with E-state index in [0.717, 1.165) is 0 Å². The van der Waals surface area contributed by atoms with Crippen LogP contribution in [0.2, 0.25) is 0 Å². The smallest absolute Gasteiger partial charge is 0.287 e. The number of carbonyl (C=O) groups is 1. The van der Waals surface area contributed by atoms with Crippen molar-refractivity contribution < 1.29 is 4.79 Å². The van der Waals surface area contributed by atoms with Gasteiger partial charge in [-0.2, -0.15) is 4.98 Å². The van der Waals surface area contributed by atoms with Crippen molar-refractivity contribution in [2.75, 3.05) is 0 Å². The minimum Gasteiger partial charge on any atom is -0.294 e. The summed E-state index contributed by atoms with van der Waals surface area (Å²) in [5, 5.41) is 8.52. The molecule has 1 aromatic rings. The van der Waals surface area contributed by atoms with Gasteiger partial charge < -0.3 is 0 Å². The minimum atomic E-state index is -0.0305. The standard InChI is InChI=1S/C3H3N5O/c4-6-3-5-2(1-9)7-8-3/h1,4H,(H,5,7,8). The van der Waals surface area contributed by atoms with Gasteiger partial charge in [-0.05, 0) is 0 Å². The van der Waals surface area contributed by atoms with Crippen molar-refractivity contribution in [3.05, 3.63) is 5.82 Å². The van der Waals surface area contributed by atoms with Crippen LogP contribution in [-0.2, 0) is 0 Å². The number of hydrogen-bond donors (Lipinski definition) is 2. The van der Waals surface area contributed by atoms with Crippen molar-refractivity contribution in [2.24, 2.45) is 5.11 Å². The van der Waals surface area contributed by atoms with E-state index in [1.165, 1.54) is 0 Å². The normalized spacial score (nSPS) is 8.89. The zero-order valence-corrected chi connectivity index (χ0v) is 4.33. The number of aldehydes is 1. The summed E-state index contributed by atoms with van der Waals surface area (Å²) in [6.45, 7) is 0. The number of aromatic amines is 1. The van der Waals surface area contributed by atoms with Gasteiger partial charge in [0.2, 0.25) is 0 Å². The molecule has 0 bridgehead atoms. The van der Waals surface area contributed by atoms with Crippen LogP contribution in [0.3, 0.4) is 0 Å². The van der Waals surface area contributed by atoms with E-state index in [0.29, 0.717) is 6.29 Å². The molecule has 0 aliphatic carbocycles. The Balaban J connectivity index is 2.98. The van der Waals surface area contributed by atoms with Crippen molar-refractivity contribution in [1.29, 1.82) is 5.53 Å². The van der Waals surface area contributed by atoms with Crippen molar-refractivity contribution in [3.8, 4) is 0 Å². The maximum absolute atomic E-state index is 9.90. The van der Waals surface area contributed by atoms with Crippen molar-refractivity contribution in [2.45, 2.75) is 0 Å². The van der Waals surface area contributed by atoms with Crippen molar-refractivity contribution in [3.63, 3.8) is 0 Å². The fourth-order valence-corrected chi connectivity index (χ4v) is 0.368. The number of nitrogens with zero attached hydrogens (tertiary/aromatic N) is 3. The first-order valence-corrected chi connectivity index (χ1v) is 2.12. The van der Waals surface area contributed by atoms with Crippen LogP contribution in [0, 0.1) is 5.53 Å². The van der Waals surface area contributed by atoms with Gasteiger partial charge >= 0.3 is 0 Å². The first-order valence-electron chi connectivity index (χ1n) is 2.12. The zero-order valence-electron chi connectivity index (χ0n) is 4.33. The molecule has 6 nitrogen and oxygen atoms in total. The highest BCUT2D eigenvalue weighted by molar-refractivity contribution is 5.68. The Morgan fingerprint density at radius 2 is 2.56 bits per heavy atom. The highest BCUT2D eigenvalue weighted by Gasteiger charge is 1.96. The lowest BCUT2D eigenvalue weighted by atomic mass is 10.7. The average Bonchev–Trinajstić information content (AvgIpc) is 2.34. The summed E-state index contributed by atoms with van der Waals surface area (Å²) in [6.07, 6.45) is 0.502. The summed E-state index contributed by atoms with van der Waals surface area (Å²) < 4.78 is 0. The van der Waals surface area contributed by atoms with E-state index >= 15 is 0 Å². The van der Waals surface area contributed by atoms with E-state index in [4.69, 9.17) is 5.53 Å². The fourth-order valence-electron chi connectivity index (χ4n) is 0.368. The van der Waals surface area contributed by atoms with Gasteiger partial charge in [0.25, 0.3) is 5.95 Å². The van der Waals surface area contributed by atoms with Gasteiger partial charge in [0, 0.05) is 0 Å². The molecule has 9 heavy (non-hydrogen) atoms. The number of nitrogens with one attached hydrogen (secondary N) is 2. The van der Waals surface area contributed by atoms with Crippen LogP contribution in [0.15, 0.2) is 5.11 Å². The largest absolute Gasteiger partial charge is 0.294 e. The summed E-state index contributed by atoms with van der Waals surface area (Å²) in [6, 6.07) is 0. The molecule has 0 saturated heterocycles. The van der Waals surface area contributed by atoms with Gasteiger partial charge in [-0.3, -0.25) is 9.89 Å². The van der Waals surface area contributed by atoms with Crippen LogP contribution in [0.5, 0.6) is 0 Å². The molecular weight excluding hydrogens is 122 g/mol. The van der Waals surface area contributed by atoms with E-state index in [-0.39, 0.29) is 11.8 Å². The van der Waals surface area contributed by atoms with Crippen LogP contribution in [0.4, 0.5) is 5.95 Å². The Hall–Kier alpha value is -1.59. The Kier molecular flexibility index (Phi) is 1.31. The summed E-state index contributed by atoms with van der Waals surface area (Å²) in [5.74, 6) is 0.0538. The summed E-state index contributed by atoms with van der Waals surface area (Å²) >= 11 is 0. The van der Waals surface area contributed by atoms with E-state index in [9.17, 15) is 4.79 Å². The second-order valence-electron chi connectivity index (χ2n) is 1.25. The van der Waals surface area contributed by atoms with Gasteiger partial charge in [0.05, 0.1) is 0 Å².